The third kappa shape index (κ3) is 3.56. The molecule has 27 heavy (non-hydrogen) atoms. The van der Waals surface area contributed by atoms with Gasteiger partial charge >= 0.3 is 0 Å². The van der Waals surface area contributed by atoms with Gasteiger partial charge in [0.2, 0.25) is 0 Å². The molecule has 2 aromatic rings. The summed E-state index contributed by atoms with van der Waals surface area (Å²) in [5, 5.41) is 0. The summed E-state index contributed by atoms with van der Waals surface area (Å²) < 4.78 is 33.5. The number of aromatic nitrogens is 1. The molecule has 0 aliphatic carbocycles. The van der Waals surface area contributed by atoms with E-state index in [0.29, 0.717) is 44.1 Å². The van der Waals surface area contributed by atoms with Crippen LogP contribution >= 0.6 is 0 Å². The van der Waals surface area contributed by atoms with Crippen LogP contribution in [0.25, 0.3) is 0 Å². The Balaban J connectivity index is 1.69. The highest BCUT2D eigenvalue weighted by Crippen LogP contribution is 2.37. The molecule has 7 heteroatoms. The van der Waals surface area contributed by atoms with Crippen molar-refractivity contribution in [1.29, 1.82) is 0 Å². The number of hydrogen-bond acceptors (Lipinski definition) is 4. The second-order valence-corrected chi connectivity index (χ2v) is 7.22. The van der Waals surface area contributed by atoms with Crippen molar-refractivity contribution in [3.05, 3.63) is 57.9 Å². The van der Waals surface area contributed by atoms with Crippen LogP contribution in [-0.2, 0) is 4.74 Å². The molecule has 0 saturated carbocycles. The van der Waals surface area contributed by atoms with Crippen LogP contribution in [0.1, 0.15) is 31.4 Å². The van der Waals surface area contributed by atoms with Crippen molar-refractivity contribution < 1.29 is 13.5 Å². The maximum atomic E-state index is 14.3. The van der Waals surface area contributed by atoms with Gasteiger partial charge < -0.3 is 19.5 Å². The predicted molar refractivity (Wildman–Crippen MR) is 100 cm³/mol. The van der Waals surface area contributed by atoms with Crippen LogP contribution in [0.5, 0.6) is 0 Å². The smallest absolute Gasteiger partial charge is 0.251 e. The van der Waals surface area contributed by atoms with Gasteiger partial charge in [-0.3, -0.25) is 4.79 Å². The standard InChI is InChI=1S/C20H23F2N3O2/c1-13-12-27-8-7-24(13)15-10-19(23-20(26)11-15)25-6-2-3-18(25)16-9-14(21)4-5-17(16)22/h4-5,9-11,13,18H,2-3,6-8,12H2,1H3,(H,23,26)/t13-,18+/m1/s1. The van der Waals surface area contributed by atoms with Gasteiger partial charge in [0.15, 0.2) is 0 Å². The SMILES string of the molecule is C[C@@H]1COCCN1c1cc(N2CCC[C@H]2c2cc(F)ccc2F)[nH]c(=O)c1. The Hall–Kier alpha value is -2.41. The molecule has 1 aromatic carbocycles. The lowest BCUT2D eigenvalue weighted by atomic mass is 10.0. The Kier molecular flexibility index (Phi) is 4.86. The van der Waals surface area contributed by atoms with E-state index in [1.807, 2.05) is 11.0 Å². The first-order chi connectivity index (χ1) is 13.0. The van der Waals surface area contributed by atoms with Gasteiger partial charge in [-0.25, -0.2) is 8.78 Å². The number of benzene rings is 1. The summed E-state index contributed by atoms with van der Waals surface area (Å²) in [6.45, 7) is 4.68. The monoisotopic (exact) mass is 375 g/mol. The third-order valence-corrected chi connectivity index (χ3v) is 5.39. The number of pyridine rings is 1. The minimum atomic E-state index is -0.456. The molecule has 0 radical (unpaired) electrons. The highest BCUT2D eigenvalue weighted by atomic mass is 19.1. The molecule has 2 fully saturated rings. The largest absolute Gasteiger partial charge is 0.377 e. The maximum absolute atomic E-state index is 14.3. The summed E-state index contributed by atoms with van der Waals surface area (Å²) in [5.41, 5.74) is 0.958. The van der Waals surface area contributed by atoms with Crippen molar-refractivity contribution in [2.75, 3.05) is 36.1 Å². The molecule has 4 rings (SSSR count). The highest BCUT2D eigenvalue weighted by molar-refractivity contribution is 5.57. The minimum absolute atomic E-state index is 0.170. The molecule has 2 saturated heterocycles. The van der Waals surface area contributed by atoms with E-state index in [2.05, 4.69) is 16.8 Å². The molecule has 5 nitrogen and oxygen atoms in total. The fourth-order valence-electron chi connectivity index (χ4n) is 4.09. The molecule has 0 unspecified atom stereocenters. The second kappa shape index (κ2) is 7.31. The number of morpholine rings is 1. The molecular weight excluding hydrogens is 352 g/mol. The number of H-pyrrole nitrogens is 1. The first kappa shape index (κ1) is 18.0. The van der Waals surface area contributed by atoms with Crippen molar-refractivity contribution in [3.8, 4) is 0 Å². The fraction of sp³-hybridized carbons (Fsp3) is 0.450. The summed E-state index contributed by atoms with van der Waals surface area (Å²) >= 11 is 0. The molecule has 0 amide bonds. The summed E-state index contributed by atoms with van der Waals surface area (Å²) in [7, 11) is 0. The van der Waals surface area contributed by atoms with Crippen molar-refractivity contribution in [1.82, 2.24) is 4.98 Å². The molecule has 1 N–H and O–H groups in total. The van der Waals surface area contributed by atoms with Gasteiger partial charge in [-0.1, -0.05) is 0 Å². The van der Waals surface area contributed by atoms with Crippen molar-refractivity contribution in [3.63, 3.8) is 0 Å². The Morgan fingerprint density at radius 2 is 2.00 bits per heavy atom. The summed E-state index contributed by atoms with van der Waals surface area (Å²) in [6, 6.07) is 6.93. The normalized spacial score (nSPS) is 23.1. The molecule has 2 aliphatic rings. The third-order valence-electron chi connectivity index (χ3n) is 5.39. The van der Waals surface area contributed by atoms with E-state index in [1.54, 1.807) is 6.07 Å². The number of aromatic amines is 1. The lowest BCUT2D eigenvalue weighted by Crippen LogP contribution is -2.44. The van der Waals surface area contributed by atoms with Crippen LogP contribution < -0.4 is 15.4 Å². The number of ether oxygens (including phenoxy) is 1. The average molecular weight is 375 g/mol. The number of hydrogen-bond donors (Lipinski definition) is 1. The summed E-state index contributed by atoms with van der Waals surface area (Å²) in [4.78, 5) is 19.3. The molecule has 3 heterocycles. The zero-order valence-corrected chi connectivity index (χ0v) is 15.3. The lowest BCUT2D eigenvalue weighted by Gasteiger charge is -2.36. The highest BCUT2D eigenvalue weighted by Gasteiger charge is 2.30. The molecule has 0 spiro atoms. The van der Waals surface area contributed by atoms with Crippen LogP contribution in [0, 0.1) is 11.6 Å². The van der Waals surface area contributed by atoms with Crippen LogP contribution in [0.15, 0.2) is 35.1 Å². The Morgan fingerprint density at radius 3 is 2.81 bits per heavy atom. The van der Waals surface area contributed by atoms with Crippen LogP contribution in [-0.4, -0.2) is 37.3 Å². The van der Waals surface area contributed by atoms with Crippen molar-refractivity contribution >= 4 is 11.5 Å². The lowest BCUT2D eigenvalue weighted by molar-refractivity contribution is 0.0989. The molecular formula is C20H23F2N3O2. The van der Waals surface area contributed by atoms with Gasteiger partial charge in [0, 0.05) is 42.5 Å². The van der Waals surface area contributed by atoms with Gasteiger partial charge in [0.25, 0.3) is 5.56 Å². The van der Waals surface area contributed by atoms with Crippen LogP contribution in [0.2, 0.25) is 0 Å². The number of nitrogens with zero attached hydrogens (tertiary/aromatic N) is 2. The topological polar surface area (TPSA) is 48.6 Å². The van der Waals surface area contributed by atoms with E-state index in [9.17, 15) is 13.6 Å². The Morgan fingerprint density at radius 1 is 1.15 bits per heavy atom. The number of anilines is 2. The fourth-order valence-corrected chi connectivity index (χ4v) is 4.09. The average Bonchev–Trinajstić information content (AvgIpc) is 3.13. The molecule has 2 aliphatic heterocycles. The van der Waals surface area contributed by atoms with Crippen LogP contribution in [0.3, 0.4) is 0 Å². The van der Waals surface area contributed by atoms with E-state index in [-0.39, 0.29) is 17.6 Å². The zero-order valence-electron chi connectivity index (χ0n) is 15.3. The molecule has 144 valence electrons. The maximum Gasteiger partial charge on any atom is 0.251 e. The van der Waals surface area contributed by atoms with E-state index in [1.165, 1.54) is 6.07 Å². The molecule has 0 bridgehead atoms. The van der Waals surface area contributed by atoms with E-state index < -0.39 is 11.6 Å². The molecule has 1 aromatic heterocycles. The first-order valence-electron chi connectivity index (χ1n) is 9.33. The second-order valence-electron chi connectivity index (χ2n) is 7.22. The van der Waals surface area contributed by atoms with Gasteiger partial charge in [0.05, 0.1) is 19.3 Å². The van der Waals surface area contributed by atoms with Gasteiger partial charge in [-0.05, 0) is 38.0 Å². The summed E-state index contributed by atoms with van der Waals surface area (Å²) in [6.07, 6.45) is 1.56. The number of halogens is 2. The number of rotatable bonds is 3. The quantitative estimate of drug-likeness (QED) is 0.895. The Bertz CT molecular complexity index is 886. The van der Waals surface area contributed by atoms with Gasteiger partial charge in [-0.2, -0.15) is 0 Å². The van der Waals surface area contributed by atoms with E-state index in [0.717, 1.165) is 24.2 Å². The van der Waals surface area contributed by atoms with E-state index >= 15 is 0 Å². The predicted octanol–water partition coefficient (Wildman–Crippen LogP) is 3.22. The molecule has 2 atom stereocenters. The zero-order chi connectivity index (χ0) is 19.0. The van der Waals surface area contributed by atoms with Gasteiger partial charge in [-0.15, -0.1) is 0 Å². The summed E-state index contributed by atoms with van der Waals surface area (Å²) in [5.74, 6) is -0.237. The van der Waals surface area contributed by atoms with Gasteiger partial charge in [0.1, 0.15) is 17.5 Å². The Labute approximate surface area is 156 Å². The number of nitrogens with one attached hydrogen (secondary N) is 1. The minimum Gasteiger partial charge on any atom is -0.377 e. The van der Waals surface area contributed by atoms with E-state index in [4.69, 9.17) is 4.74 Å². The first-order valence-corrected chi connectivity index (χ1v) is 9.33. The van der Waals surface area contributed by atoms with Crippen molar-refractivity contribution in [2.24, 2.45) is 0 Å². The van der Waals surface area contributed by atoms with Crippen LogP contribution in [0.4, 0.5) is 20.3 Å². The van der Waals surface area contributed by atoms with Crippen molar-refractivity contribution in [2.45, 2.75) is 31.8 Å².